The standard InChI is InChI=1S/C22H28N2O3S3/c1-28-13-12-17(15-29-19-8-4-2-5-9-19)23-22(27)24-18(14-21(25)26)16-30-20-10-6-3-7-11-20/h2-11,17-18H,12-16H2,1H3,(H,25,26)(H2,23,24,27)/t17-,18-/m0/s1. The fourth-order valence-electron chi connectivity index (χ4n) is 2.66. The normalized spacial score (nSPS) is 12.7. The van der Waals surface area contributed by atoms with Gasteiger partial charge in [0, 0.05) is 27.3 Å². The van der Waals surface area contributed by atoms with Gasteiger partial charge in [0.15, 0.2) is 0 Å². The van der Waals surface area contributed by atoms with Crippen LogP contribution < -0.4 is 10.6 Å². The summed E-state index contributed by atoms with van der Waals surface area (Å²) in [7, 11) is 0. The number of carbonyl (C=O) groups is 2. The predicted molar refractivity (Wildman–Crippen MR) is 129 cm³/mol. The van der Waals surface area contributed by atoms with Crippen LogP contribution in [0.1, 0.15) is 12.8 Å². The minimum Gasteiger partial charge on any atom is -0.481 e. The Bertz CT molecular complexity index is 763. The van der Waals surface area contributed by atoms with Crippen molar-refractivity contribution in [2.45, 2.75) is 34.7 Å². The zero-order valence-electron chi connectivity index (χ0n) is 17.0. The maximum absolute atomic E-state index is 12.6. The Morgan fingerprint density at radius 3 is 1.87 bits per heavy atom. The molecule has 0 saturated carbocycles. The van der Waals surface area contributed by atoms with E-state index in [1.807, 2.05) is 54.8 Å². The molecule has 0 saturated heterocycles. The largest absolute Gasteiger partial charge is 0.481 e. The number of amides is 2. The van der Waals surface area contributed by atoms with Crippen molar-refractivity contribution < 1.29 is 14.7 Å². The quantitative estimate of drug-likeness (QED) is 0.368. The van der Waals surface area contributed by atoms with Gasteiger partial charge in [-0.3, -0.25) is 4.79 Å². The zero-order valence-corrected chi connectivity index (χ0v) is 19.4. The number of rotatable bonds is 13. The van der Waals surface area contributed by atoms with E-state index in [0.717, 1.165) is 27.7 Å². The molecule has 3 N–H and O–H groups in total. The van der Waals surface area contributed by atoms with E-state index in [4.69, 9.17) is 0 Å². The highest BCUT2D eigenvalue weighted by Gasteiger charge is 2.19. The van der Waals surface area contributed by atoms with Crippen molar-refractivity contribution in [1.29, 1.82) is 0 Å². The first-order valence-electron chi connectivity index (χ1n) is 9.70. The highest BCUT2D eigenvalue weighted by Crippen LogP contribution is 2.20. The Morgan fingerprint density at radius 2 is 1.37 bits per heavy atom. The molecule has 0 spiro atoms. The van der Waals surface area contributed by atoms with E-state index in [9.17, 15) is 14.7 Å². The first-order chi connectivity index (χ1) is 14.6. The first kappa shape index (κ1) is 24.5. The molecule has 5 nitrogen and oxygen atoms in total. The van der Waals surface area contributed by atoms with Crippen LogP contribution in [0.4, 0.5) is 4.79 Å². The van der Waals surface area contributed by atoms with E-state index in [1.54, 1.807) is 23.5 Å². The third kappa shape index (κ3) is 10.3. The second kappa shape index (κ2) is 14.3. The second-order valence-electron chi connectivity index (χ2n) is 6.64. The first-order valence-corrected chi connectivity index (χ1v) is 13.1. The monoisotopic (exact) mass is 464 g/mol. The molecule has 0 radical (unpaired) electrons. The molecule has 0 bridgehead atoms. The van der Waals surface area contributed by atoms with Crippen molar-refractivity contribution in [3.63, 3.8) is 0 Å². The number of nitrogens with one attached hydrogen (secondary N) is 2. The van der Waals surface area contributed by atoms with Gasteiger partial charge in [0.05, 0.1) is 12.5 Å². The number of hydrogen-bond acceptors (Lipinski definition) is 5. The van der Waals surface area contributed by atoms with Crippen LogP contribution >= 0.6 is 35.3 Å². The Labute approximate surface area is 191 Å². The summed E-state index contributed by atoms with van der Waals surface area (Å²) in [6, 6.07) is 19.1. The molecule has 2 amide bonds. The van der Waals surface area contributed by atoms with Gasteiger partial charge in [-0.1, -0.05) is 36.4 Å². The molecule has 0 aliphatic heterocycles. The number of carboxylic acid groups (broad SMARTS) is 1. The summed E-state index contributed by atoms with van der Waals surface area (Å²) in [5.41, 5.74) is 0. The van der Waals surface area contributed by atoms with Crippen LogP contribution in [0.5, 0.6) is 0 Å². The molecule has 2 aromatic rings. The van der Waals surface area contributed by atoms with Crippen LogP contribution in [-0.4, -0.2) is 52.7 Å². The van der Waals surface area contributed by atoms with E-state index in [-0.39, 0.29) is 18.5 Å². The molecule has 0 unspecified atom stereocenters. The van der Waals surface area contributed by atoms with Crippen LogP contribution in [0, 0.1) is 0 Å². The van der Waals surface area contributed by atoms with Gasteiger partial charge < -0.3 is 15.7 Å². The summed E-state index contributed by atoms with van der Waals surface area (Å²) in [5.74, 6) is 1.29. The topological polar surface area (TPSA) is 78.4 Å². The van der Waals surface area contributed by atoms with Crippen molar-refractivity contribution in [2.75, 3.05) is 23.5 Å². The Hall–Kier alpha value is -1.77. The van der Waals surface area contributed by atoms with Crippen molar-refractivity contribution in [1.82, 2.24) is 10.6 Å². The van der Waals surface area contributed by atoms with Gasteiger partial charge in [-0.05, 0) is 42.7 Å². The summed E-state index contributed by atoms with van der Waals surface area (Å²) in [6.07, 6.45) is 2.80. The van der Waals surface area contributed by atoms with E-state index in [1.165, 1.54) is 11.8 Å². The summed E-state index contributed by atoms with van der Waals surface area (Å²) in [5, 5.41) is 15.1. The van der Waals surface area contributed by atoms with Crippen molar-refractivity contribution in [2.24, 2.45) is 0 Å². The van der Waals surface area contributed by atoms with Gasteiger partial charge in [-0.25, -0.2) is 4.79 Å². The lowest BCUT2D eigenvalue weighted by Crippen LogP contribution is -2.48. The van der Waals surface area contributed by atoms with Crippen molar-refractivity contribution >= 4 is 47.3 Å². The number of urea groups is 1. The number of carbonyl (C=O) groups excluding carboxylic acids is 1. The minimum absolute atomic E-state index is 0.00918. The fourth-order valence-corrected chi connectivity index (χ4v) is 5.12. The highest BCUT2D eigenvalue weighted by atomic mass is 32.2. The lowest BCUT2D eigenvalue weighted by molar-refractivity contribution is -0.137. The number of aliphatic carboxylic acids is 1. The Balaban J connectivity index is 1.88. The predicted octanol–water partition coefficient (Wildman–Crippen LogP) is 4.84. The van der Waals surface area contributed by atoms with Crippen molar-refractivity contribution in [3.05, 3.63) is 60.7 Å². The number of benzene rings is 2. The molecule has 0 heterocycles. The van der Waals surface area contributed by atoms with E-state index in [2.05, 4.69) is 22.8 Å². The smallest absolute Gasteiger partial charge is 0.315 e. The van der Waals surface area contributed by atoms with Crippen molar-refractivity contribution in [3.8, 4) is 0 Å². The third-order valence-corrected chi connectivity index (χ3v) is 7.14. The van der Waals surface area contributed by atoms with Gasteiger partial charge in [0.25, 0.3) is 0 Å². The maximum Gasteiger partial charge on any atom is 0.315 e. The Morgan fingerprint density at radius 1 is 0.867 bits per heavy atom. The highest BCUT2D eigenvalue weighted by molar-refractivity contribution is 7.99. The molecule has 0 aliphatic rings. The van der Waals surface area contributed by atoms with Gasteiger partial charge >= 0.3 is 12.0 Å². The van der Waals surface area contributed by atoms with E-state index < -0.39 is 12.0 Å². The third-order valence-electron chi connectivity index (χ3n) is 4.15. The average Bonchev–Trinajstić information content (AvgIpc) is 2.75. The van der Waals surface area contributed by atoms with Crippen LogP contribution in [0.3, 0.4) is 0 Å². The summed E-state index contributed by atoms with van der Waals surface area (Å²) in [4.78, 5) is 26.0. The summed E-state index contributed by atoms with van der Waals surface area (Å²) in [6.45, 7) is 0. The molecule has 30 heavy (non-hydrogen) atoms. The fraction of sp³-hybridized carbons (Fsp3) is 0.364. The van der Waals surface area contributed by atoms with Gasteiger partial charge in [0.2, 0.25) is 0 Å². The molecule has 0 aromatic heterocycles. The molecule has 2 atom stereocenters. The molecule has 8 heteroatoms. The SMILES string of the molecule is CSCC[C@@H](CSc1ccccc1)NC(=O)N[C@H](CSc1ccccc1)CC(=O)O. The van der Waals surface area contributed by atoms with Gasteiger partial charge in [-0.15, -0.1) is 23.5 Å². The minimum atomic E-state index is -0.924. The van der Waals surface area contributed by atoms with Crippen LogP contribution in [-0.2, 0) is 4.79 Å². The second-order valence-corrected chi connectivity index (χ2v) is 9.81. The van der Waals surface area contributed by atoms with E-state index in [0.29, 0.717) is 5.75 Å². The number of thioether (sulfide) groups is 3. The molecular formula is C22H28N2O3S3. The molecule has 0 aliphatic carbocycles. The molecule has 0 fully saturated rings. The lowest BCUT2D eigenvalue weighted by atomic mass is 10.2. The molecule has 2 rings (SSSR count). The number of hydrogen-bond donors (Lipinski definition) is 3. The number of carboxylic acids is 1. The maximum atomic E-state index is 12.6. The average molecular weight is 465 g/mol. The van der Waals surface area contributed by atoms with Crippen LogP contribution in [0.25, 0.3) is 0 Å². The molecule has 2 aromatic carbocycles. The van der Waals surface area contributed by atoms with Gasteiger partial charge in [0.1, 0.15) is 0 Å². The van der Waals surface area contributed by atoms with Crippen LogP contribution in [0.15, 0.2) is 70.5 Å². The van der Waals surface area contributed by atoms with Gasteiger partial charge in [-0.2, -0.15) is 11.8 Å². The summed E-state index contributed by atoms with van der Waals surface area (Å²) < 4.78 is 0. The van der Waals surface area contributed by atoms with Crippen LogP contribution in [0.2, 0.25) is 0 Å². The Kier molecular flexibility index (Phi) is 11.7. The summed E-state index contributed by atoms with van der Waals surface area (Å²) >= 11 is 4.99. The zero-order chi connectivity index (χ0) is 21.6. The van der Waals surface area contributed by atoms with E-state index >= 15 is 0 Å². The molecular weight excluding hydrogens is 436 g/mol. The molecule has 162 valence electrons. The lowest BCUT2D eigenvalue weighted by Gasteiger charge is -2.22.